The fourth-order valence-electron chi connectivity index (χ4n) is 1.22. The van der Waals surface area contributed by atoms with E-state index in [4.69, 9.17) is 4.55 Å². The average Bonchev–Trinajstić information content (AvgIpc) is 2.34. The SMILES string of the molecule is CC(C(F)(F)C(F)(F)C(F)(F)C(F)(F)C(F)(F)C(F)(F)F)S(=O)(=O)O. The molecule has 0 amide bonds. The normalized spacial score (nSPS) is 17.6. The van der Waals surface area contributed by atoms with Gasteiger partial charge in [0.15, 0.2) is 5.25 Å². The molecule has 0 aliphatic rings. The first-order chi connectivity index (χ1) is 10.4. The van der Waals surface area contributed by atoms with Crippen LogP contribution in [0.1, 0.15) is 6.92 Å². The molecule has 0 heterocycles. The van der Waals surface area contributed by atoms with Gasteiger partial charge in [0.1, 0.15) is 0 Å². The number of rotatable bonds is 6. The third-order valence-corrected chi connectivity index (χ3v) is 4.10. The lowest BCUT2D eigenvalue weighted by atomic mass is 9.93. The van der Waals surface area contributed by atoms with Crippen molar-refractivity contribution in [1.82, 2.24) is 0 Å². The number of hydrogen-bond donors (Lipinski definition) is 1. The van der Waals surface area contributed by atoms with Crippen LogP contribution in [0.4, 0.5) is 57.1 Å². The van der Waals surface area contributed by atoms with E-state index in [-0.39, 0.29) is 0 Å². The molecule has 17 heteroatoms. The molecule has 0 aromatic carbocycles. The van der Waals surface area contributed by atoms with Gasteiger partial charge in [-0.2, -0.15) is 65.5 Å². The molecule has 0 saturated carbocycles. The monoisotopic (exact) mass is 428 g/mol. The van der Waals surface area contributed by atoms with Crippen LogP contribution in [-0.2, 0) is 10.1 Å². The minimum absolute atomic E-state index is 0.598. The van der Waals surface area contributed by atoms with E-state index in [1.165, 1.54) is 0 Å². The Balaban J connectivity index is 6.49. The molecule has 152 valence electrons. The van der Waals surface area contributed by atoms with Gasteiger partial charge in [-0.1, -0.05) is 0 Å². The highest BCUT2D eigenvalue weighted by atomic mass is 32.2. The first kappa shape index (κ1) is 24.0. The fraction of sp³-hybridized carbons (Fsp3) is 1.00. The molecule has 1 atom stereocenters. The first-order valence-corrected chi connectivity index (χ1v) is 6.83. The van der Waals surface area contributed by atoms with Gasteiger partial charge in [0.05, 0.1) is 0 Å². The molecule has 1 N–H and O–H groups in total. The van der Waals surface area contributed by atoms with Crippen LogP contribution in [-0.4, -0.2) is 54.0 Å². The van der Waals surface area contributed by atoms with Crippen LogP contribution in [0.2, 0.25) is 0 Å². The Morgan fingerprint density at radius 2 is 0.920 bits per heavy atom. The van der Waals surface area contributed by atoms with Crippen molar-refractivity contribution in [2.24, 2.45) is 0 Å². The Labute approximate surface area is 129 Å². The van der Waals surface area contributed by atoms with E-state index in [0.29, 0.717) is 0 Å². The van der Waals surface area contributed by atoms with Crippen molar-refractivity contribution in [3.8, 4) is 0 Å². The van der Waals surface area contributed by atoms with E-state index in [1.54, 1.807) is 0 Å². The molecule has 0 aliphatic heterocycles. The van der Waals surface area contributed by atoms with Gasteiger partial charge in [0, 0.05) is 0 Å². The molecule has 1 unspecified atom stereocenters. The van der Waals surface area contributed by atoms with E-state index in [1.807, 2.05) is 0 Å². The topological polar surface area (TPSA) is 54.4 Å². The smallest absolute Gasteiger partial charge is 0.285 e. The summed E-state index contributed by atoms with van der Waals surface area (Å²) in [7, 11) is -6.33. The zero-order valence-corrected chi connectivity index (χ0v) is 12.0. The first-order valence-electron chi connectivity index (χ1n) is 5.32. The van der Waals surface area contributed by atoms with Crippen molar-refractivity contribution < 1.29 is 70.0 Å². The van der Waals surface area contributed by atoms with Crippen molar-refractivity contribution >= 4 is 10.1 Å². The zero-order chi connectivity index (χ0) is 21.1. The van der Waals surface area contributed by atoms with Crippen molar-refractivity contribution in [2.45, 2.75) is 48.0 Å². The van der Waals surface area contributed by atoms with Gasteiger partial charge in [0.25, 0.3) is 10.1 Å². The molecule has 0 saturated heterocycles. The number of hydrogen-bond acceptors (Lipinski definition) is 2. The highest BCUT2D eigenvalue weighted by Gasteiger charge is 2.91. The van der Waals surface area contributed by atoms with E-state index >= 15 is 0 Å². The van der Waals surface area contributed by atoms with Gasteiger partial charge in [-0.25, -0.2) is 0 Å². The molecule has 0 bridgehead atoms. The lowest BCUT2D eigenvalue weighted by Gasteiger charge is -2.40. The van der Waals surface area contributed by atoms with Gasteiger partial charge in [-0.3, -0.25) is 4.55 Å². The van der Waals surface area contributed by atoms with Crippen molar-refractivity contribution in [3.05, 3.63) is 0 Å². The quantitative estimate of drug-likeness (QED) is 0.514. The second-order valence-electron chi connectivity index (χ2n) is 4.58. The summed E-state index contributed by atoms with van der Waals surface area (Å²) in [5, 5.41) is -4.27. The summed E-state index contributed by atoms with van der Waals surface area (Å²) in [6.45, 7) is -0.598. The van der Waals surface area contributed by atoms with Gasteiger partial charge in [0.2, 0.25) is 0 Å². The van der Waals surface area contributed by atoms with E-state index in [9.17, 15) is 65.5 Å². The average molecular weight is 428 g/mol. The maximum absolute atomic E-state index is 13.2. The van der Waals surface area contributed by atoms with Crippen LogP contribution >= 0.6 is 0 Å². The molecule has 0 aromatic heterocycles. The van der Waals surface area contributed by atoms with Crippen LogP contribution in [0.15, 0.2) is 0 Å². The largest absolute Gasteiger partial charge is 0.460 e. The Bertz CT molecular complexity index is 605. The van der Waals surface area contributed by atoms with Crippen LogP contribution in [0, 0.1) is 0 Å². The zero-order valence-electron chi connectivity index (χ0n) is 11.2. The van der Waals surface area contributed by atoms with Crippen LogP contribution in [0.5, 0.6) is 0 Å². The van der Waals surface area contributed by atoms with Crippen molar-refractivity contribution in [1.29, 1.82) is 0 Å². The van der Waals surface area contributed by atoms with Gasteiger partial charge < -0.3 is 0 Å². The summed E-state index contributed by atoms with van der Waals surface area (Å²) in [6.07, 6.45) is -7.56. The Hall–Kier alpha value is -1.00. The van der Waals surface area contributed by atoms with E-state index in [2.05, 4.69) is 0 Å². The maximum atomic E-state index is 13.2. The molecule has 0 aromatic rings. The molecule has 0 fully saturated rings. The second kappa shape index (κ2) is 5.75. The minimum Gasteiger partial charge on any atom is -0.285 e. The van der Waals surface area contributed by atoms with E-state index < -0.39 is 58.1 Å². The van der Waals surface area contributed by atoms with Crippen LogP contribution in [0.25, 0.3) is 0 Å². The minimum atomic E-state index is -8.12. The van der Waals surface area contributed by atoms with Gasteiger partial charge in [-0.05, 0) is 6.92 Å². The molecule has 0 spiro atoms. The molecule has 3 nitrogen and oxygen atoms in total. The summed E-state index contributed by atoms with van der Waals surface area (Å²) >= 11 is 0. The molecule has 0 aliphatic carbocycles. The lowest BCUT2D eigenvalue weighted by molar-refractivity contribution is -0.439. The Kier molecular flexibility index (Phi) is 5.52. The van der Waals surface area contributed by atoms with Crippen LogP contribution < -0.4 is 0 Å². The molecular formula is C8H5F13O3S. The highest BCUT2D eigenvalue weighted by molar-refractivity contribution is 7.86. The van der Waals surface area contributed by atoms with E-state index in [0.717, 1.165) is 0 Å². The van der Waals surface area contributed by atoms with Crippen molar-refractivity contribution in [2.75, 3.05) is 0 Å². The van der Waals surface area contributed by atoms with Crippen molar-refractivity contribution in [3.63, 3.8) is 0 Å². The highest BCUT2D eigenvalue weighted by Crippen LogP contribution is 2.60. The number of halogens is 13. The summed E-state index contributed by atoms with van der Waals surface area (Å²) in [5.74, 6) is -38.8. The van der Waals surface area contributed by atoms with Gasteiger partial charge in [-0.15, -0.1) is 0 Å². The van der Waals surface area contributed by atoms with Crippen LogP contribution in [0.3, 0.4) is 0 Å². The third kappa shape index (κ3) is 3.23. The van der Waals surface area contributed by atoms with Gasteiger partial charge >= 0.3 is 35.8 Å². The predicted octanol–water partition coefficient (Wildman–Crippen LogP) is 4.00. The Morgan fingerprint density at radius 1 is 0.640 bits per heavy atom. The summed E-state index contributed by atoms with van der Waals surface area (Å²) in [5.41, 5.74) is 0. The third-order valence-electron chi connectivity index (χ3n) is 2.92. The lowest BCUT2D eigenvalue weighted by Crippen LogP contribution is -2.71. The summed E-state index contributed by atoms with van der Waals surface area (Å²) < 4.78 is 193. The Morgan fingerprint density at radius 3 is 1.16 bits per heavy atom. The molecule has 25 heavy (non-hydrogen) atoms. The summed E-state index contributed by atoms with van der Waals surface area (Å²) in [4.78, 5) is 0. The standard InChI is InChI=1S/C8H5F13O3S/c1-2(25(22,23)24)3(9,10)4(11,12)5(13,14)6(15,16)7(17,18)8(19,20)21/h2H,1H3,(H,22,23,24). The fourth-order valence-corrected chi connectivity index (χ4v) is 1.75. The summed E-state index contributed by atoms with van der Waals surface area (Å²) in [6, 6.07) is 0. The molecule has 0 radical (unpaired) electrons. The predicted molar refractivity (Wildman–Crippen MR) is 51.8 cm³/mol. The molecular weight excluding hydrogens is 423 g/mol. The number of alkyl halides is 13. The maximum Gasteiger partial charge on any atom is 0.460 e. The second-order valence-corrected chi connectivity index (χ2v) is 6.31. The molecule has 0 rings (SSSR count).